The number of nitrogens with zero attached hydrogens (tertiary/aromatic N) is 2. The van der Waals surface area contributed by atoms with Crippen LogP contribution in [-0.2, 0) is 16.0 Å². The number of rotatable bonds is 9. The topological polar surface area (TPSA) is 88.2 Å². The van der Waals surface area contributed by atoms with Gasteiger partial charge >= 0.3 is 0 Å². The maximum absolute atomic E-state index is 13.7. The van der Waals surface area contributed by atoms with E-state index in [1.165, 1.54) is 6.20 Å². The molecule has 0 radical (unpaired) electrons. The summed E-state index contributed by atoms with van der Waals surface area (Å²) in [6.07, 6.45) is 7.34. The number of anilines is 1. The lowest BCUT2D eigenvalue weighted by Gasteiger charge is -2.28. The lowest BCUT2D eigenvalue weighted by molar-refractivity contribution is -0.109. The summed E-state index contributed by atoms with van der Waals surface area (Å²) in [5.41, 5.74) is 4.62. The first-order valence-electron chi connectivity index (χ1n) is 13.7. The summed E-state index contributed by atoms with van der Waals surface area (Å²) in [5, 5.41) is 10.5. The number of benzene rings is 2. The number of nitrogens with one attached hydrogen (secondary N) is 3. The number of likely N-dealkylation sites (N-methyl/N-ethyl adjacent to an activating group) is 1. The summed E-state index contributed by atoms with van der Waals surface area (Å²) in [5.74, 6) is -0.296. The van der Waals surface area contributed by atoms with Crippen LogP contribution in [0.15, 0.2) is 79.3 Å². The monoisotopic (exact) mass is 543 g/mol. The van der Waals surface area contributed by atoms with Crippen molar-refractivity contribution in [2.24, 2.45) is 0 Å². The standard InChI is InChI=1S/C19H18N2O.C13H20FN3O/c1-20-18(13-22)19(14-7-3-2-4-8-14)16-11-12-21-17-10-6-5-9-15(16)17;1-9-8-18-10(5-17-9)3-4-11-12(14)6-16-7-13(11)15-2/h2-13,18-20H,1H3;6-7,9-10,15,17H,3-5,8H2,1-2H3/t18-,19-;9-,10-/m01/s1. The van der Waals surface area contributed by atoms with Gasteiger partial charge in [0.05, 0.1) is 42.4 Å². The van der Waals surface area contributed by atoms with Crippen LogP contribution in [0.1, 0.15) is 36.0 Å². The Morgan fingerprint density at radius 1 is 1.10 bits per heavy atom. The maximum Gasteiger partial charge on any atom is 0.146 e. The fraction of sp³-hybridized carbons (Fsp3) is 0.344. The zero-order valence-electron chi connectivity index (χ0n) is 23.3. The van der Waals surface area contributed by atoms with Crippen molar-refractivity contribution >= 4 is 22.9 Å². The summed E-state index contributed by atoms with van der Waals surface area (Å²) < 4.78 is 19.4. The molecule has 210 valence electrons. The highest BCUT2D eigenvalue weighted by Crippen LogP contribution is 2.32. The highest BCUT2D eigenvalue weighted by molar-refractivity contribution is 5.84. The first-order chi connectivity index (χ1) is 19.5. The van der Waals surface area contributed by atoms with E-state index in [0.717, 1.165) is 53.6 Å². The molecule has 0 amide bonds. The molecule has 5 rings (SSSR count). The van der Waals surface area contributed by atoms with Crippen LogP contribution >= 0.6 is 0 Å². The number of halogens is 1. The van der Waals surface area contributed by atoms with Crippen LogP contribution in [0.25, 0.3) is 10.9 Å². The van der Waals surface area contributed by atoms with E-state index in [-0.39, 0.29) is 23.9 Å². The molecule has 0 aliphatic carbocycles. The van der Waals surface area contributed by atoms with Crippen LogP contribution in [0.4, 0.5) is 10.1 Å². The van der Waals surface area contributed by atoms with E-state index >= 15 is 0 Å². The van der Waals surface area contributed by atoms with Crippen LogP contribution in [0.5, 0.6) is 0 Å². The second-order valence-corrected chi connectivity index (χ2v) is 9.96. The molecule has 2 aromatic heterocycles. The van der Waals surface area contributed by atoms with E-state index in [1.54, 1.807) is 13.2 Å². The average molecular weight is 544 g/mol. The third kappa shape index (κ3) is 7.27. The Labute approximate surface area is 235 Å². The predicted octanol–water partition coefficient (Wildman–Crippen LogP) is 4.73. The van der Waals surface area contributed by atoms with Crippen molar-refractivity contribution in [1.82, 2.24) is 20.6 Å². The number of fused-ring (bicyclic) bond motifs is 1. The first kappa shape index (κ1) is 29.3. The molecule has 40 heavy (non-hydrogen) atoms. The van der Waals surface area contributed by atoms with E-state index in [0.29, 0.717) is 18.0 Å². The smallest absolute Gasteiger partial charge is 0.146 e. The minimum absolute atomic E-state index is 0.0448. The molecule has 0 spiro atoms. The van der Waals surface area contributed by atoms with Crippen molar-refractivity contribution in [3.63, 3.8) is 0 Å². The second-order valence-electron chi connectivity index (χ2n) is 9.96. The second kappa shape index (κ2) is 14.6. The van der Waals surface area contributed by atoms with Gasteiger partial charge < -0.3 is 25.5 Å². The third-order valence-electron chi connectivity index (χ3n) is 7.28. The zero-order chi connectivity index (χ0) is 28.3. The Balaban J connectivity index is 0.000000189. The van der Waals surface area contributed by atoms with Crippen LogP contribution in [0, 0.1) is 5.82 Å². The average Bonchev–Trinajstić information content (AvgIpc) is 3.00. The van der Waals surface area contributed by atoms with Crippen LogP contribution in [-0.4, -0.2) is 61.7 Å². The number of carbonyl (C=O) groups is 1. The molecule has 1 saturated heterocycles. The van der Waals surface area contributed by atoms with Gasteiger partial charge in [0.25, 0.3) is 0 Å². The van der Waals surface area contributed by atoms with E-state index in [9.17, 15) is 9.18 Å². The van der Waals surface area contributed by atoms with Gasteiger partial charge in [-0.2, -0.15) is 0 Å². The van der Waals surface area contributed by atoms with Gasteiger partial charge in [0.1, 0.15) is 12.1 Å². The van der Waals surface area contributed by atoms with Crippen molar-refractivity contribution < 1.29 is 13.9 Å². The van der Waals surface area contributed by atoms with Crippen molar-refractivity contribution in [3.05, 3.63) is 102 Å². The third-order valence-corrected chi connectivity index (χ3v) is 7.28. The zero-order valence-corrected chi connectivity index (χ0v) is 23.3. The molecule has 4 atom stereocenters. The van der Waals surface area contributed by atoms with E-state index < -0.39 is 0 Å². The van der Waals surface area contributed by atoms with Gasteiger partial charge in [-0.15, -0.1) is 0 Å². The Kier molecular flexibility index (Phi) is 10.7. The normalized spacial score (nSPS) is 18.3. The SMILES string of the molecule is CN[C@@H](C=O)[C@@H](c1ccccc1)c1ccnc2ccccc12.CNc1cncc(F)c1CC[C@@H]1CN[C@H](C)CO1. The summed E-state index contributed by atoms with van der Waals surface area (Å²) >= 11 is 0. The molecule has 0 saturated carbocycles. The molecule has 4 aromatic rings. The molecular formula is C32H38FN5O2. The molecule has 1 fully saturated rings. The fourth-order valence-corrected chi connectivity index (χ4v) is 5.10. The molecule has 2 aromatic carbocycles. The number of morpholine rings is 1. The molecular weight excluding hydrogens is 505 g/mol. The van der Waals surface area contributed by atoms with Gasteiger partial charge in [-0.1, -0.05) is 48.5 Å². The van der Waals surface area contributed by atoms with Crippen LogP contribution in [0.2, 0.25) is 0 Å². The minimum atomic E-state index is -0.284. The molecule has 7 nitrogen and oxygen atoms in total. The molecule has 8 heteroatoms. The van der Waals surface area contributed by atoms with Gasteiger partial charge in [-0.3, -0.25) is 9.97 Å². The van der Waals surface area contributed by atoms with Crippen molar-refractivity contribution in [3.8, 4) is 0 Å². The lowest BCUT2D eigenvalue weighted by atomic mass is 9.84. The Morgan fingerprint density at radius 3 is 2.58 bits per heavy atom. The van der Waals surface area contributed by atoms with Crippen LogP contribution < -0.4 is 16.0 Å². The molecule has 0 bridgehead atoms. The minimum Gasteiger partial charge on any atom is -0.387 e. The highest BCUT2D eigenvalue weighted by atomic mass is 19.1. The predicted molar refractivity (Wildman–Crippen MR) is 158 cm³/mol. The van der Waals surface area contributed by atoms with Crippen molar-refractivity contribution in [2.75, 3.05) is 32.6 Å². The summed E-state index contributed by atoms with van der Waals surface area (Å²) in [4.78, 5) is 19.8. The summed E-state index contributed by atoms with van der Waals surface area (Å²) in [6, 6.07) is 20.3. The number of carbonyl (C=O) groups excluding carboxylic acids is 1. The number of aromatic nitrogens is 2. The Morgan fingerprint density at radius 2 is 1.88 bits per heavy atom. The van der Waals surface area contributed by atoms with Gasteiger partial charge in [0.15, 0.2) is 0 Å². The number of ether oxygens (including phenoxy) is 1. The number of pyridine rings is 2. The van der Waals surface area contributed by atoms with Gasteiger partial charge in [0, 0.05) is 42.7 Å². The number of hydrogen-bond acceptors (Lipinski definition) is 7. The van der Waals surface area contributed by atoms with Gasteiger partial charge in [-0.25, -0.2) is 4.39 Å². The Bertz CT molecular complexity index is 1360. The van der Waals surface area contributed by atoms with Gasteiger partial charge in [-0.05, 0) is 50.1 Å². The molecule has 0 unspecified atom stereocenters. The Hall–Kier alpha value is -3.72. The van der Waals surface area contributed by atoms with Crippen molar-refractivity contribution in [1.29, 1.82) is 0 Å². The van der Waals surface area contributed by atoms with Gasteiger partial charge in [0.2, 0.25) is 0 Å². The highest BCUT2D eigenvalue weighted by Gasteiger charge is 2.25. The number of para-hydroxylation sites is 1. The van der Waals surface area contributed by atoms with E-state index in [2.05, 4.69) is 51.0 Å². The number of aldehydes is 1. The quantitative estimate of drug-likeness (QED) is 0.263. The molecule has 3 N–H and O–H groups in total. The fourth-order valence-electron chi connectivity index (χ4n) is 5.10. The molecule has 3 heterocycles. The summed E-state index contributed by atoms with van der Waals surface area (Å²) in [6.45, 7) is 3.66. The largest absolute Gasteiger partial charge is 0.387 e. The number of hydrogen-bond donors (Lipinski definition) is 3. The molecule has 1 aliphatic heterocycles. The molecule has 1 aliphatic rings. The lowest BCUT2D eigenvalue weighted by Crippen LogP contribution is -2.44. The maximum atomic E-state index is 13.7. The first-order valence-corrected chi connectivity index (χ1v) is 13.7. The summed E-state index contributed by atoms with van der Waals surface area (Å²) in [7, 11) is 3.60. The van der Waals surface area contributed by atoms with Crippen molar-refractivity contribution in [2.45, 2.75) is 43.9 Å². The van der Waals surface area contributed by atoms with E-state index in [4.69, 9.17) is 4.74 Å². The van der Waals surface area contributed by atoms with E-state index in [1.807, 2.05) is 55.7 Å². The van der Waals surface area contributed by atoms with Crippen LogP contribution in [0.3, 0.4) is 0 Å².